The maximum absolute atomic E-state index is 13.6. The third-order valence-electron chi connectivity index (χ3n) is 16.5. The Bertz CT molecular complexity index is 1780. The third-order valence-corrected chi connectivity index (χ3v) is 17.5. The molecule has 0 aliphatic carbocycles. The summed E-state index contributed by atoms with van der Waals surface area (Å²) >= 11 is 0. The van der Waals surface area contributed by atoms with Gasteiger partial charge in [0.1, 0.15) is 19.3 Å². The van der Waals surface area contributed by atoms with Gasteiger partial charge in [-0.15, -0.1) is 0 Å². The lowest BCUT2D eigenvalue weighted by Crippen LogP contribution is -2.47. The van der Waals surface area contributed by atoms with E-state index in [2.05, 4.69) is 99.0 Å². The number of ether oxygens (including phenoxy) is 1. The standard InChI is InChI=1S/C78H143N2O7P/c1-7-10-13-16-19-22-25-28-30-32-34-36-38-39-40-41-43-44-46-48-50-52-55-58-61-64-67-70-77(81)79-75(74-86-88(83,84)85-73-72-80(4,5)6)76(69-66-63-60-57-54-27-24-21-18-15-12-9-3)87-78(82)71-68-65-62-59-56-53-51-49-47-45-42-37-35-33-31-29-26-23-20-17-14-11-8-2/h19-20,22-23,28-31,35,37,45,47,66,69,75-76H,7-18,21,24-27,32-34,36,38-44,46,48-65,67-68,70-74H2,1-6H3,(H-,79,81,83,84)/b22-19-,23-20-,30-28-,31-29-,37-35-,47-45-,69-66-. The zero-order valence-electron chi connectivity index (χ0n) is 58.7. The fourth-order valence-electron chi connectivity index (χ4n) is 10.8. The minimum Gasteiger partial charge on any atom is -0.756 e. The molecule has 3 unspecified atom stereocenters. The number of likely N-dealkylation sites (N-methyl/N-ethyl adjacent to an activating group) is 1. The molecule has 1 N–H and O–H groups in total. The van der Waals surface area contributed by atoms with E-state index in [0.717, 1.165) is 96.3 Å². The third kappa shape index (κ3) is 67.6. The van der Waals surface area contributed by atoms with Crippen molar-refractivity contribution >= 4 is 19.7 Å². The van der Waals surface area contributed by atoms with Crippen LogP contribution in [0.3, 0.4) is 0 Å². The second kappa shape index (κ2) is 67.1. The van der Waals surface area contributed by atoms with Gasteiger partial charge in [0.2, 0.25) is 5.91 Å². The molecule has 0 aliphatic heterocycles. The van der Waals surface area contributed by atoms with Crippen LogP contribution in [-0.4, -0.2) is 69.4 Å². The van der Waals surface area contributed by atoms with Gasteiger partial charge in [0, 0.05) is 12.8 Å². The number of nitrogens with one attached hydrogen (secondary N) is 1. The summed E-state index contributed by atoms with van der Waals surface area (Å²) in [6, 6.07) is -0.897. The Morgan fingerprint density at radius 1 is 0.398 bits per heavy atom. The quantitative estimate of drug-likeness (QED) is 0.0212. The van der Waals surface area contributed by atoms with Crippen molar-refractivity contribution in [1.29, 1.82) is 0 Å². The van der Waals surface area contributed by atoms with Gasteiger partial charge in [-0.25, -0.2) is 0 Å². The lowest BCUT2D eigenvalue weighted by Gasteiger charge is -2.30. The Labute approximate surface area is 546 Å². The second-order valence-electron chi connectivity index (χ2n) is 26.4. The molecule has 0 aromatic carbocycles. The van der Waals surface area contributed by atoms with Gasteiger partial charge >= 0.3 is 5.97 Å². The van der Waals surface area contributed by atoms with Crippen molar-refractivity contribution in [2.45, 2.75) is 360 Å². The van der Waals surface area contributed by atoms with Crippen molar-refractivity contribution in [3.8, 4) is 0 Å². The molecule has 0 aromatic rings. The summed E-state index contributed by atoms with van der Waals surface area (Å²) in [6.07, 6.45) is 90.0. The van der Waals surface area contributed by atoms with Gasteiger partial charge in [0.15, 0.2) is 0 Å². The highest BCUT2D eigenvalue weighted by Gasteiger charge is 2.27. The number of carbonyl (C=O) groups is 2. The first-order valence-electron chi connectivity index (χ1n) is 37.4. The van der Waals surface area contributed by atoms with Crippen LogP contribution in [0.1, 0.15) is 348 Å². The number of amides is 1. The number of carbonyl (C=O) groups excluding carboxylic acids is 2. The Morgan fingerprint density at radius 3 is 1.06 bits per heavy atom. The van der Waals surface area contributed by atoms with Crippen LogP contribution in [-0.2, 0) is 27.9 Å². The molecule has 0 saturated carbocycles. The molecule has 88 heavy (non-hydrogen) atoms. The summed E-state index contributed by atoms with van der Waals surface area (Å²) in [5.41, 5.74) is 0. The van der Waals surface area contributed by atoms with E-state index in [0.29, 0.717) is 17.4 Å². The van der Waals surface area contributed by atoms with Gasteiger partial charge in [-0.1, -0.05) is 312 Å². The predicted molar refractivity (Wildman–Crippen MR) is 381 cm³/mol. The summed E-state index contributed by atoms with van der Waals surface area (Å²) < 4.78 is 30.5. The number of rotatable bonds is 68. The largest absolute Gasteiger partial charge is 0.756 e. The number of phosphoric acid groups is 1. The number of esters is 1. The van der Waals surface area contributed by atoms with Crippen LogP contribution in [0, 0.1) is 0 Å². The maximum Gasteiger partial charge on any atom is 0.306 e. The molecule has 1 amide bonds. The topological polar surface area (TPSA) is 114 Å². The molecule has 0 fully saturated rings. The molecule has 512 valence electrons. The SMILES string of the molecule is CCCCC/C=C\C/C=C\C/C=C\C/C=C\CCCCCCCCCC(=O)OC(/C=C\CCCCCCCCCCCC)C(COP(=O)([O-])OCC[N+](C)(C)C)NC(=O)CCCCCCCCCCCCCCCCCCC/C=C\C/C=C\CCCCC. The van der Waals surface area contributed by atoms with E-state index in [1.807, 2.05) is 33.3 Å². The highest BCUT2D eigenvalue weighted by atomic mass is 31.2. The molecule has 0 heterocycles. The maximum atomic E-state index is 13.6. The molecular weight excluding hydrogens is 1110 g/mol. The van der Waals surface area contributed by atoms with E-state index in [9.17, 15) is 19.0 Å². The highest BCUT2D eigenvalue weighted by Crippen LogP contribution is 2.38. The van der Waals surface area contributed by atoms with E-state index >= 15 is 0 Å². The summed E-state index contributed by atoms with van der Waals surface area (Å²) in [6.45, 7) is 6.82. The molecule has 0 aliphatic rings. The van der Waals surface area contributed by atoms with Crippen molar-refractivity contribution in [2.24, 2.45) is 0 Å². The van der Waals surface area contributed by atoms with E-state index < -0.39 is 26.6 Å². The van der Waals surface area contributed by atoms with Crippen molar-refractivity contribution in [2.75, 3.05) is 40.9 Å². The highest BCUT2D eigenvalue weighted by molar-refractivity contribution is 7.45. The van der Waals surface area contributed by atoms with Crippen LogP contribution in [0.2, 0.25) is 0 Å². The van der Waals surface area contributed by atoms with Gasteiger partial charge in [0.25, 0.3) is 7.82 Å². The molecule has 0 aromatic heterocycles. The lowest BCUT2D eigenvalue weighted by molar-refractivity contribution is -0.870. The second-order valence-corrected chi connectivity index (χ2v) is 27.9. The number of allylic oxidation sites excluding steroid dienone is 13. The average molecular weight is 1250 g/mol. The summed E-state index contributed by atoms with van der Waals surface area (Å²) in [5.74, 6) is -0.543. The first kappa shape index (κ1) is 85.2. The normalized spacial score (nSPS) is 13.9. The number of hydrogen-bond acceptors (Lipinski definition) is 7. The molecule has 0 rings (SSSR count). The molecule has 3 atom stereocenters. The minimum atomic E-state index is -4.71. The summed E-state index contributed by atoms with van der Waals surface area (Å²) in [5, 5.41) is 3.05. The van der Waals surface area contributed by atoms with Crippen LogP contribution in [0.5, 0.6) is 0 Å². The van der Waals surface area contributed by atoms with Crippen molar-refractivity contribution in [1.82, 2.24) is 5.32 Å². The molecular formula is C78H143N2O7P. The fraction of sp³-hybridized carbons (Fsp3) is 0.795. The van der Waals surface area contributed by atoms with Gasteiger partial charge in [-0.2, -0.15) is 0 Å². The molecule has 0 saturated heterocycles. The molecule has 0 radical (unpaired) electrons. The van der Waals surface area contributed by atoms with Crippen LogP contribution >= 0.6 is 7.82 Å². The van der Waals surface area contributed by atoms with E-state index in [-0.39, 0.29) is 24.9 Å². The predicted octanol–water partition coefficient (Wildman–Crippen LogP) is 23.4. The van der Waals surface area contributed by atoms with Gasteiger partial charge in [0.05, 0.1) is 33.8 Å². The van der Waals surface area contributed by atoms with Gasteiger partial charge in [-0.05, 0) is 109 Å². The number of hydrogen-bond donors (Lipinski definition) is 1. The van der Waals surface area contributed by atoms with Gasteiger partial charge < -0.3 is 28.5 Å². The smallest absolute Gasteiger partial charge is 0.306 e. The van der Waals surface area contributed by atoms with Crippen LogP contribution in [0.15, 0.2) is 85.1 Å². The van der Waals surface area contributed by atoms with Gasteiger partial charge in [-0.3, -0.25) is 14.2 Å². The average Bonchev–Trinajstić information content (AvgIpc) is 3.71. The Balaban J connectivity index is 5.01. The summed E-state index contributed by atoms with van der Waals surface area (Å²) in [4.78, 5) is 40.3. The van der Waals surface area contributed by atoms with E-state index in [1.165, 1.54) is 218 Å². The van der Waals surface area contributed by atoms with E-state index in [4.69, 9.17) is 13.8 Å². The zero-order valence-corrected chi connectivity index (χ0v) is 59.6. The Morgan fingerprint density at radius 2 is 0.693 bits per heavy atom. The van der Waals surface area contributed by atoms with Crippen molar-refractivity contribution < 1.29 is 37.3 Å². The van der Waals surface area contributed by atoms with Crippen molar-refractivity contribution in [3.05, 3.63) is 85.1 Å². The number of unbranched alkanes of at least 4 members (excludes halogenated alkanes) is 40. The van der Waals surface area contributed by atoms with Crippen LogP contribution < -0.4 is 10.2 Å². The molecule has 0 bridgehead atoms. The van der Waals surface area contributed by atoms with Crippen LogP contribution in [0.25, 0.3) is 0 Å². The number of nitrogens with zero attached hydrogens (tertiary/aromatic N) is 1. The zero-order chi connectivity index (χ0) is 64.2. The van der Waals surface area contributed by atoms with Crippen LogP contribution in [0.4, 0.5) is 0 Å². The first-order valence-corrected chi connectivity index (χ1v) is 38.9. The molecule has 10 heteroatoms. The molecule has 0 spiro atoms. The van der Waals surface area contributed by atoms with E-state index in [1.54, 1.807) is 0 Å². The number of phosphoric ester groups is 1. The Kier molecular flexibility index (Phi) is 64.9. The van der Waals surface area contributed by atoms with Crippen molar-refractivity contribution in [3.63, 3.8) is 0 Å². The summed E-state index contributed by atoms with van der Waals surface area (Å²) in [7, 11) is 1.18. The fourth-order valence-corrected chi connectivity index (χ4v) is 11.5. The molecule has 9 nitrogen and oxygen atoms in total. The lowest BCUT2D eigenvalue weighted by atomic mass is 10.0. The monoisotopic (exact) mass is 1250 g/mol. The minimum absolute atomic E-state index is 0.0258. The number of quaternary nitrogens is 1. The first-order chi connectivity index (χ1) is 42.9. The Hall–Kier alpha value is -2.81.